The number of carbonyl (C=O) groups is 1. The summed E-state index contributed by atoms with van der Waals surface area (Å²) in [5, 5.41) is 0. The standard InChI is InChI=1S/C10H14O3/c1-2-7(11)6-12-8-3-4-9-10(5-8)13-9/h2,8-10H,1,3-6H2. The zero-order valence-corrected chi connectivity index (χ0v) is 7.57. The summed E-state index contributed by atoms with van der Waals surface area (Å²) in [5.41, 5.74) is 0. The van der Waals surface area contributed by atoms with E-state index in [1.54, 1.807) is 0 Å². The van der Waals surface area contributed by atoms with Crippen molar-refractivity contribution in [2.24, 2.45) is 0 Å². The molecule has 72 valence electrons. The molecule has 0 aromatic carbocycles. The fraction of sp³-hybridized carbons (Fsp3) is 0.700. The highest BCUT2D eigenvalue weighted by molar-refractivity contribution is 5.90. The van der Waals surface area contributed by atoms with E-state index in [0.717, 1.165) is 19.3 Å². The van der Waals surface area contributed by atoms with Crippen molar-refractivity contribution >= 4 is 5.78 Å². The van der Waals surface area contributed by atoms with Crippen molar-refractivity contribution in [1.82, 2.24) is 0 Å². The number of rotatable bonds is 4. The smallest absolute Gasteiger partial charge is 0.180 e. The van der Waals surface area contributed by atoms with Gasteiger partial charge in [-0.25, -0.2) is 0 Å². The largest absolute Gasteiger partial charge is 0.370 e. The van der Waals surface area contributed by atoms with E-state index in [1.165, 1.54) is 6.08 Å². The van der Waals surface area contributed by atoms with Gasteiger partial charge in [0.15, 0.2) is 5.78 Å². The average molecular weight is 182 g/mol. The number of carbonyl (C=O) groups excluding carboxylic acids is 1. The molecule has 2 rings (SSSR count). The van der Waals surface area contributed by atoms with E-state index < -0.39 is 0 Å². The minimum Gasteiger partial charge on any atom is -0.370 e. The Kier molecular flexibility index (Phi) is 2.47. The lowest BCUT2D eigenvalue weighted by molar-refractivity contribution is -0.121. The highest BCUT2D eigenvalue weighted by Gasteiger charge is 2.44. The van der Waals surface area contributed by atoms with Gasteiger partial charge in [0, 0.05) is 6.42 Å². The van der Waals surface area contributed by atoms with Crippen LogP contribution in [0.3, 0.4) is 0 Å². The first-order valence-electron chi connectivity index (χ1n) is 4.72. The molecule has 2 fully saturated rings. The molecule has 0 N–H and O–H groups in total. The summed E-state index contributed by atoms with van der Waals surface area (Å²) >= 11 is 0. The maximum absolute atomic E-state index is 10.9. The van der Waals surface area contributed by atoms with Crippen LogP contribution in [0.2, 0.25) is 0 Å². The van der Waals surface area contributed by atoms with E-state index in [2.05, 4.69) is 6.58 Å². The van der Waals surface area contributed by atoms with E-state index >= 15 is 0 Å². The zero-order chi connectivity index (χ0) is 9.26. The molecule has 0 aromatic heterocycles. The number of ether oxygens (including phenoxy) is 2. The van der Waals surface area contributed by atoms with Gasteiger partial charge in [-0.1, -0.05) is 6.58 Å². The third kappa shape index (κ3) is 2.17. The first-order valence-corrected chi connectivity index (χ1v) is 4.72. The van der Waals surface area contributed by atoms with Gasteiger partial charge in [0.1, 0.15) is 6.61 Å². The first kappa shape index (κ1) is 8.91. The summed E-state index contributed by atoms with van der Waals surface area (Å²) in [6.45, 7) is 3.57. The summed E-state index contributed by atoms with van der Waals surface area (Å²) in [6.07, 6.45) is 5.48. The lowest BCUT2D eigenvalue weighted by Gasteiger charge is -2.18. The van der Waals surface area contributed by atoms with Crippen LogP contribution < -0.4 is 0 Å². The van der Waals surface area contributed by atoms with Gasteiger partial charge in [-0.05, 0) is 18.9 Å². The molecule has 0 radical (unpaired) electrons. The van der Waals surface area contributed by atoms with Crippen molar-refractivity contribution in [2.75, 3.05) is 6.61 Å². The highest BCUT2D eigenvalue weighted by Crippen LogP contribution is 2.37. The molecular weight excluding hydrogens is 168 g/mol. The Balaban J connectivity index is 1.69. The zero-order valence-electron chi connectivity index (χ0n) is 7.57. The molecule has 0 spiro atoms. The molecule has 1 heterocycles. The van der Waals surface area contributed by atoms with Crippen molar-refractivity contribution in [2.45, 2.75) is 37.6 Å². The molecule has 13 heavy (non-hydrogen) atoms. The molecule has 3 atom stereocenters. The van der Waals surface area contributed by atoms with Crippen molar-refractivity contribution < 1.29 is 14.3 Å². The van der Waals surface area contributed by atoms with E-state index in [0.29, 0.717) is 12.2 Å². The third-order valence-corrected chi connectivity index (χ3v) is 2.64. The lowest BCUT2D eigenvalue weighted by Crippen LogP contribution is -2.23. The van der Waals surface area contributed by atoms with Gasteiger partial charge in [-0.15, -0.1) is 0 Å². The molecule has 0 aromatic rings. The summed E-state index contributed by atoms with van der Waals surface area (Å²) < 4.78 is 10.8. The van der Waals surface area contributed by atoms with Crippen LogP contribution in [0, 0.1) is 0 Å². The summed E-state index contributed by atoms with van der Waals surface area (Å²) in [5.74, 6) is -0.0427. The predicted octanol–water partition coefficient (Wildman–Crippen LogP) is 1.08. The Morgan fingerprint density at radius 1 is 1.54 bits per heavy atom. The first-order chi connectivity index (χ1) is 6.29. The van der Waals surface area contributed by atoms with Crippen LogP contribution in [0.25, 0.3) is 0 Å². The van der Waals surface area contributed by atoms with Gasteiger partial charge in [-0.3, -0.25) is 4.79 Å². The van der Waals surface area contributed by atoms with Crippen molar-refractivity contribution in [3.05, 3.63) is 12.7 Å². The summed E-state index contributed by atoms with van der Waals surface area (Å²) in [6, 6.07) is 0. The van der Waals surface area contributed by atoms with E-state index in [1.807, 2.05) is 0 Å². The van der Waals surface area contributed by atoms with Gasteiger partial charge in [0.05, 0.1) is 18.3 Å². The molecule has 1 saturated heterocycles. The van der Waals surface area contributed by atoms with Crippen LogP contribution in [0.1, 0.15) is 19.3 Å². The molecule has 1 aliphatic carbocycles. The number of ketones is 1. The second kappa shape index (κ2) is 3.60. The summed E-state index contributed by atoms with van der Waals surface area (Å²) in [4.78, 5) is 10.9. The molecule has 1 aliphatic heterocycles. The van der Waals surface area contributed by atoms with Gasteiger partial charge in [0.2, 0.25) is 0 Å². The van der Waals surface area contributed by atoms with Crippen LogP contribution in [-0.2, 0) is 14.3 Å². The molecular formula is C10H14O3. The van der Waals surface area contributed by atoms with Crippen LogP contribution in [-0.4, -0.2) is 30.7 Å². The fourth-order valence-corrected chi connectivity index (χ4v) is 1.78. The maximum Gasteiger partial charge on any atom is 0.180 e. The number of epoxide rings is 1. The molecule has 3 unspecified atom stereocenters. The fourth-order valence-electron chi connectivity index (χ4n) is 1.78. The lowest BCUT2D eigenvalue weighted by atomic mass is 9.98. The average Bonchev–Trinajstić information content (AvgIpc) is 2.91. The third-order valence-electron chi connectivity index (χ3n) is 2.64. The van der Waals surface area contributed by atoms with Crippen LogP contribution >= 0.6 is 0 Å². The van der Waals surface area contributed by atoms with Gasteiger partial charge in [-0.2, -0.15) is 0 Å². The van der Waals surface area contributed by atoms with Crippen molar-refractivity contribution in [3.63, 3.8) is 0 Å². The van der Waals surface area contributed by atoms with E-state index in [-0.39, 0.29) is 18.5 Å². The number of hydrogen-bond acceptors (Lipinski definition) is 3. The second-order valence-corrected chi connectivity index (χ2v) is 3.63. The highest BCUT2D eigenvalue weighted by atomic mass is 16.6. The van der Waals surface area contributed by atoms with Crippen LogP contribution in [0.15, 0.2) is 12.7 Å². The van der Waals surface area contributed by atoms with Crippen molar-refractivity contribution in [3.8, 4) is 0 Å². The molecule has 0 amide bonds. The Labute approximate surface area is 77.7 Å². The number of fused-ring (bicyclic) bond motifs is 1. The Hall–Kier alpha value is -0.670. The van der Waals surface area contributed by atoms with Crippen molar-refractivity contribution in [1.29, 1.82) is 0 Å². The quantitative estimate of drug-likeness (QED) is 0.482. The molecule has 3 nitrogen and oxygen atoms in total. The maximum atomic E-state index is 10.9. The SMILES string of the molecule is C=CC(=O)COC1CCC2OC2C1. The topological polar surface area (TPSA) is 38.8 Å². The monoisotopic (exact) mass is 182 g/mol. The molecule has 0 bridgehead atoms. The molecule has 3 heteroatoms. The minimum atomic E-state index is -0.0427. The van der Waals surface area contributed by atoms with Gasteiger partial charge in [0.25, 0.3) is 0 Å². The Morgan fingerprint density at radius 3 is 3.08 bits per heavy atom. The van der Waals surface area contributed by atoms with Gasteiger partial charge < -0.3 is 9.47 Å². The molecule has 1 saturated carbocycles. The summed E-state index contributed by atoms with van der Waals surface area (Å²) in [7, 11) is 0. The van der Waals surface area contributed by atoms with Crippen LogP contribution in [0.4, 0.5) is 0 Å². The second-order valence-electron chi connectivity index (χ2n) is 3.63. The minimum absolute atomic E-state index is 0.0427. The van der Waals surface area contributed by atoms with E-state index in [4.69, 9.17) is 9.47 Å². The normalized spacial score (nSPS) is 36.5. The van der Waals surface area contributed by atoms with Gasteiger partial charge >= 0.3 is 0 Å². The van der Waals surface area contributed by atoms with Crippen LogP contribution in [0.5, 0.6) is 0 Å². The predicted molar refractivity (Wildman–Crippen MR) is 47.5 cm³/mol. The Bertz CT molecular complexity index is 224. The van der Waals surface area contributed by atoms with E-state index in [9.17, 15) is 4.79 Å². The Morgan fingerprint density at radius 2 is 2.38 bits per heavy atom. The molecule has 2 aliphatic rings. The number of hydrogen-bond donors (Lipinski definition) is 0.